The molecule has 0 radical (unpaired) electrons. The monoisotopic (exact) mass is 379 g/mol. The van der Waals surface area contributed by atoms with Gasteiger partial charge in [0.15, 0.2) is 0 Å². The van der Waals surface area contributed by atoms with E-state index in [1.54, 1.807) is 14.1 Å². The molecule has 1 aromatic rings. The predicted octanol–water partition coefficient (Wildman–Crippen LogP) is 0.321. The highest BCUT2D eigenvalue weighted by Crippen LogP contribution is 2.07. The average molecular weight is 379 g/mol. The minimum Gasteiger partial charge on any atom is -0.352 e. The number of nitrogens with one attached hydrogen (secondary N) is 3. The van der Waals surface area contributed by atoms with Gasteiger partial charge in [0.2, 0.25) is 5.91 Å². The molecule has 0 bridgehead atoms. The van der Waals surface area contributed by atoms with Crippen LogP contribution in [0, 0.1) is 5.92 Å². The zero-order chi connectivity index (χ0) is 20.4. The van der Waals surface area contributed by atoms with Gasteiger partial charge in [-0.05, 0) is 24.3 Å². The number of hydrazine groups is 1. The van der Waals surface area contributed by atoms with Crippen LogP contribution in [0.25, 0.3) is 0 Å². The number of likely N-dealkylation sites (N-methyl/N-ethyl adjacent to an activating group) is 1. The fourth-order valence-corrected chi connectivity index (χ4v) is 2.30. The first kappa shape index (κ1) is 22.4. The van der Waals surface area contributed by atoms with Crippen LogP contribution in [0.15, 0.2) is 30.3 Å². The molecule has 150 valence electrons. The van der Waals surface area contributed by atoms with Crippen LogP contribution in [0.2, 0.25) is 0 Å². The minimum atomic E-state index is -0.949. The molecule has 1 rings (SSSR count). The van der Waals surface area contributed by atoms with Gasteiger partial charge in [-0.25, -0.2) is 10.2 Å². The molecule has 9 heteroatoms. The summed E-state index contributed by atoms with van der Waals surface area (Å²) in [5.74, 6) is -0.557. The maximum absolute atomic E-state index is 12.1. The van der Waals surface area contributed by atoms with E-state index >= 15 is 0 Å². The van der Waals surface area contributed by atoms with Crippen molar-refractivity contribution in [2.75, 3.05) is 14.1 Å². The predicted molar refractivity (Wildman–Crippen MR) is 101 cm³/mol. The molecule has 1 aromatic carbocycles. The van der Waals surface area contributed by atoms with E-state index in [4.69, 9.17) is 10.6 Å². The normalized spacial score (nSPS) is 12.8. The first-order valence-corrected chi connectivity index (χ1v) is 8.73. The first-order chi connectivity index (χ1) is 12.7. The molecule has 27 heavy (non-hydrogen) atoms. The van der Waals surface area contributed by atoms with E-state index in [1.165, 1.54) is 4.90 Å². The van der Waals surface area contributed by atoms with E-state index in [0.717, 1.165) is 5.56 Å². The third kappa shape index (κ3) is 8.52. The Balaban J connectivity index is 2.42. The van der Waals surface area contributed by atoms with Crippen LogP contribution in [-0.2, 0) is 20.8 Å². The molecular weight excluding hydrogens is 350 g/mol. The van der Waals surface area contributed by atoms with Crippen LogP contribution in [-0.4, -0.2) is 49.0 Å². The molecule has 5 N–H and O–H groups in total. The van der Waals surface area contributed by atoms with Crippen molar-refractivity contribution in [3.8, 4) is 0 Å². The summed E-state index contributed by atoms with van der Waals surface area (Å²) >= 11 is 0. The Bertz CT molecular complexity index is 621. The van der Waals surface area contributed by atoms with Crippen LogP contribution in [0.1, 0.15) is 25.8 Å². The number of carbonyl (C=O) groups is 3. The van der Waals surface area contributed by atoms with Gasteiger partial charge in [-0.3, -0.25) is 15.0 Å². The number of hydrogen-bond donors (Lipinski definition) is 4. The maximum Gasteiger partial charge on any atom is 0.444 e. The molecule has 2 atom stereocenters. The summed E-state index contributed by atoms with van der Waals surface area (Å²) < 4.78 is 0. The zero-order valence-corrected chi connectivity index (χ0v) is 16.2. The van der Waals surface area contributed by atoms with Crippen molar-refractivity contribution in [1.82, 2.24) is 21.2 Å². The second-order valence-electron chi connectivity index (χ2n) is 6.83. The Labute approximate surface area is 159 Å². The average Bonchev–Trinajstić information content (AvgIpc) is 2.62. The smallest absolute Gasteiger partial charge is 0.352 e. The molecule has 0 saturated carbocycles. The fraction of sp³-hybridized carbons (Fsp3) is 0.500. The van der Waals surface area contributed by atoms with Gasteiger partial charge in [-0.15, -0.1) is 5.48 Å². The summed E-state index contributed by atoms with van der Waals surface area (Å²) in [7, 11) is 3.23. The summed E-state index contributed by atoms with van der Waals surface area (Å²) in [6.45, 7) is 3.90. The molecule has 0 aromatic heterocycles. The Morgan fingerprint density at radius 2 is 1.74 bits per heavy atom. The van der Waals surface area contributed by atoms with E-state index < -0.39 is 24.1 Å². The Morgan fingerprint density at radius 1 is 1.11 bits per heavy atom. The van der Waals surface area contributed by atoms with Gasteiger partial charge in [0.25, 0.3) is 5.91 Å². The fourth-order valence-electron chi connectivity index (χ4n) is 2.30. The SMILES string of the molecule is CC(C)C[C@H](NOC(=O)NNC(=O)[C@@H](N)Cc1ccccc1)C(=O)N(C)C. The number of amides is 3. The van der Waals surface area contributed by atoms with Crippen molar-refractivity contribution >= 4 is 17.9 Å². The molecule has 0 saturated heterocycles. The highest BCUT2D eigenvalue weighted by atomic mass is 16.7. The molecule has 3 amide bonds. The molecular formula is C18H29N5O4. The van der Waals surface area contributed by atoms with Crippen LogP contribution < -0.4 is 22.1 Å². The summed E-state index contributed by atoms with van der Waals surface area (Å²) in [5.41, 5.74) is 13.5. The minimum absolute atomic E-state index is 0.216. The number of hydroxylamine groups is 1. The van der Waals surface area contributed by atoms with Crippen LogP contribution >= 0.6 is 0 Å². The molecule has 0 aliphatic carbocycles. The summed E-state index contributed by atoms with van der Waals surface area (Å²) in [5, 5.41) is 0. The summed E-state index contributed by atoms with van der Waals surface area (Å²) in [6.07, 6.45) is -0.135. The van der Waals surface area contributed by atoms with E-state index in [2.05, 4.69) is 16.3 Å². The van der Waals surface area contributed by atoms with Crippen LogP contribution in [0.5, 0.6) is 0 Å². The number of benzene rings is 1. The van der Waals surface area contributed by atoms with Crippen molar-refractivity contribution in [3.63, 3.8) is 0 Å². The second-order valence-corrected chi connectivity index (χ2v) is 6.83. The van der Waals surface area contributed by atoms with Gasteiger partial charge in [0.05, 0.1) is 6.04 Å². The third-order valence-electron chi connectivity index (χ3n) is 3.66. The first-order valence-electron chi connectivity index (χ1n) is 8.73. The molecule has 0 spiro atoms. The lowest BCUT2D eigenvalue weighted by atomic mass is 10.0. The van der Waals surface area contributed by atoms with Gasteiger partial charge >= 0.3 is 6.09 Å². The Hall–Kier alpha value is -2.65. The summed E-state index contributed by atoms with van der Waals surface area (Å²) in [6, 6.07) is 7.78. The van der Waals surface area contributed by atoms with Gasteiger partial charge in [0.1, 0.15) is 6.04 Å². The molecule has 0 fully saturated rings. The van der Waals surface area contributed by atoms with Crippen molar-refractivity contribution < 1.29 is 19.2 Å². The highest BCUT2D eigenvalue weighted by Gasteiger charge is 2.23. The van der Waals surface area contributed by atoms with Crippen LogP contribution in [0.4, 0.5) is 4.79 Å². The highest BCUT2D eigenvalue weighted by molar-refractivity contribution is 5.84. The second kappa shape index (κ2) is 11.1. The summed E-state index contributed by atoms with van der Waals surface area (Å²) in [4.78, 5) is 42.0. The van der Waals surface area contributed by atoms with Crippen LogP contribution in [0.3, 0.4) is 0 Å². The number of carbonyl (C=O) groups excluding carboxylic acids is 3. The van der Waals surface area contributed by atoms with Gasteiger partial charge in [0, 0.05) is 14.1 Å². The standard InChI is InChI=1S/C18H29N5O4/c1-12(2)10-15(17(25)23(3)4)22-27-18(26)21-20-16(24)14(19)11-13-8-6-5-7-9-13/h5-9,12,14-15,22H,10-11,19H2,1-4H3,(H,20,24)(H,21,26)/t14-,15-/m0/s1. The maximum atomic E-state index is 12.1. The van der Waals surface area contributed by atoms with E-state index in [1.807, 2.05) is 44.2 Å². The van der Waals surface area contributed by atoms with Crippen molar-refractivity contribution in [1.29, 1.82) is 0 Å². The largest absolute Gasteiger partial charge is 0.444 e. The molecule has 0 aliphatic rings. The van der Waals surface area contributed by atoms with Gasteiger partial charge < -0.3 is 15.5 Å². The number of nitrogens with zero attached hydrogens (tertiary/aromatic N) is 1. The molecule has 0 aliphatic heterocycles. The lowest BCUT2D eigenvalue weighted by Crippen LogP contribution is -2.52. The van der Waals surface area contributed by atoms with Gasteiger partial charge in [-0.2, -0.15) is 0 Å². The number of hydrogen-bond acceptors (Lipinski definition) is 6. The Morgan fingerprint density at radius 3 is 2.30 bits per heavy atom. The topological polar surface area (TPSA) is 126 Å². The van der Waals surface area contributed by atoms with Gasteiger partial charge in [-0.1, -0.05) is 44.2 Å². The van der Waals surface area contributed by atoms with E-state index in [0.29, 0.717) is 12.8 Å². The van der Waals surface area contributed by atoms with Crippen molar-refractivity contribution in [3.05, 3.63) is 35.9 Å². The van der Waals surface area contributed by atoms with Crippen molar-refractivity contribution in [2.45, 2.75) is 38.8 Å². The molecule has 9 nitrogen and oxygen atoms in total. The van der Waals surface area contributed by atoms with Crippen molar-refractivity contribution in [2.24, 2.45) is 11.7 Å². The Kier molecular flexibility index (Phi) is 9.24. The van der Waals surface area contributed by atoms with E-state index in [-0.39, 0.29) is 11.8 Å². The number of nitrogens with two attached hydrogens (primary N) is 1. The third-order valence-corrected chi connectivity index (χ3v) is 3.66. The zero-order valence-electron chi connectivity index (χ0n) is 16.2. The quantitative estimate of drug-likeness (QED) is 0.482. The lowest BCUT2D eigenvalue weighted by Gasteiger charge is -2.22. The number of rotatable bonds is 8. The lowest BCUT2D eigenvalue weighted by molar-refractivity contribution is -0.134. The van der Waals surface area contributed by atoms with E-state index in [9.17, 15) is 14.4 Å². The molecule has 0 unspecified atom stereocenters. The molecule has 0 heterocycles.